The summed E-state index contributed by atoms with van der Waals surface area (Å²) in [6.45, 7) is 1.70. The Balaban J connectivity index is 0.000000178. The molecule has 4 aromatic carbocycles. The Labute approximate surface area is 269 Å². The van der Waals surface area contributed by atoms with Crippen LogP contribution in [0.15, 0.2) is 154 Å². The summed E-state index contributed by atoms with van der Waals surface area (Å²) in [5.41, 5.74) is 3.76. The molecule has 0 unspecified atom stereocenters. The Morgan fingerprint density at radius 2 is 1.00 bits per heavy atom. The number of hydrogen-bond acceptors (Lipinski definition) is 6. The first-order chi connectivity index (χ1) is 22.0. The molecule has 0 bridgehead atoms. The normalized spacial score (nSPS) is 10.4. The minimum absolute atomic E-state index is 0.172. The molecule has 0 spiro atoms. The summed E-state index contributed by atoms with van der Waals surface area (Å²) < 4.78 is 14.5. The van der Waals surface area contributed by atoms with Gasteiger partial charge in [-0.05, 0) is 38.2 Å². The molecule has 0 fully saturated rings. The average molecular weight is 664 g/mol. The van der Waals surface area contributed by atoms with Crippen LogP contribution < -0.4 is 20.6 Å². The third kappa shape index (κ3) is 9.35. The molecule has 0 radical (unpaired) electrons. The van der Waals surface area contributed by atoms with Crippen LogP contribution in [0.5, 0.6) is 11.5 Å². The lowest BCUT2D eigenvalue weighted by molar-refractivity contribution is 0.300. The van der Waals surface area contributed by atoms with Gasteiger partial charge in [0.25, 0.3) is 11.1 Å². The fourth-order valence-electron chi connectivity index (χ4n) is 4.27. The summed E-state index contributed by atoms with van der Waals surface area (Å²) in [6.07, 6.45) is 3.14. The molecular formula is C36H31BrN4O4. The van der Waals surface area contributed by atoms with E-state index in [2.05, 4.69) is 26.1 Å². The van der Waals surface area contributed by atoms with Gasteiger partial charge in [0.2, 0.25) is 0 Å². The van der Waals surface area contributed by atoms with Gasteiger partial charge in [-0.1, -0.05) is 121 Å². The second-order valence-electron chi connectivity index (χ2n) is 9.99. The highest BCUT2D eigenvalue weighted by molar-refractivity contribution is 9.10. The zero-order chi connectivity index (χ0) is 31.3. The van der Waals surface area contributed by atoms with Crippen molar-refractivity contribution in [1.29, 1.82) is 0 Å². The Kier molecular flexibility index (Phi) is 11.1. The molecule has 9 heteroatoms. The summed E-state index contributed by atoms with van der Waals surface area (Å²) in [7, 11) is 0. The lowest BCUT2D eigenvalue weighted by Gasteiger charge is -2.10. The summed E-state index contributed by atoms with van der Waals surface area (Å²) >= 11 is 3.32. The van der Waals surface area contributed by atoms with E-state index in [1.54, 1.807) is 12.4 Å². The minimum Gasteiger partial charge on any atom is -0.487 e. The first kappa shape index (κ1) is 31.2. The van der Waals surface area contributed by atoms with E-state index in [1.807, 2.05) is 121 Å². The van der Waals surface area contributed by atoms with E-state index in [1.165, 1.54) is 15.4 Å². The number of nitrogens with zero attached hydrogens (tertiary/aromatic N) is 4. The molecule has 0 atom stereocenters. The van der Waals surface area contributed by atoms with Gasteiger partial charge in [-0.2, -0.15) is 10.2 Å². The van der Waals surface area contributed by atoms with E-state index in [4.69, 9.17) is 9.47 Å². The molecule has 0 saturated carbocycles. The standard InChI is InChI=1S/C18H15BrN2O2.C18H16N2O2/c19-17-16(23-13-15-9-5-2-6-10-15)11-20-21(18(17)22)12-14-7-3-1-4-8-14;21-18-11-17(22-14-16-9-5-2-6-10-16)12-19-20(18)13-15-7-3-1-4-8-15/h1-11H,12-13H2;1-12H,13-14H2. The van der Waals surface area contributed by atoms with Crippen molar-refractivity contribution in [3.05, 3.63) is 187 Å². The van der Waals surface area contributed by atoms with E-state index in [0.717, 1.165) is 22.3 Å². The first-order valence-electron chi connectivity index (χ1n) is 14.3. The van der Waals surface area contributed by atoms with Crippen LogP contribution in [0.2, 0.25) is 0 Å². The maximum Gasteiger partial charge on any atom is 0.285 e. The Bertz CT molecular complexity index is 1900. The number of hydrogen-bond donors (Lipinski definition) is 0. The topological polar surface area (TPSA) is 88.2 Å². The van der Waals surface area contributed by atoms with Crippen LogP contribution in [0, 0.1) is 0 Å². The van der Waals surface area contributed by atoms with Crippen LogP contribution in [-0.2, 0) is 26.3 Å². The Hall–Kier alpha value is -5.28. The SMILES string of the molecule is O=c1c(Br)c(OCc2ccccc2)cnn1Cc1ccccc1.O=c1cc(OCc2ccccc2)cnn1Cc1ccccc1. The second kappa shape index (κ2) is 16.0. The van der Waals surface area contributed by atoms with Crippen molar-refractivity contribution < 1.29 is 9.47 Å². The Morgan fingerprint density at radius 3 is 1.51 bits per heavy atom. The predicted octanol–water partition coefficient (Wildman–Crippen LogP) is 6.50. The molecule has 2 aromatic heterocycles. The van der Waals surface area contributed by atoms with E-state index < -0.39 is 0 Å². The van der Waals surface area contributed by atoms with Crippen molar-refractivity contribution in [3.63, 3.8) is 0 Å². The van der Waals surface area contributed by atoms with E-state index in [-0.39, 0.29) is 11.1 Å². The van der Waals surface area contributed by atoms with Gasteiger partial charge in [-0.15, -0.1) is 0 Å². The zero-order valence-electron chi connectivity index (χ0n) is 24.4. The van der Waals surface area contributed by atoms with Crippen molar-refractivity contribution >= 4 is 15.9 Å². The van der Waals surface area contributed by atoms with Crippen molar-refractivity contribution in [2.24, 2.45) is 0 Å². The summed E-state index contributed by atoms with van der Waals surface area (Å²) in [5, 5.41) is 8.36. The van der Waals surface area contributed by atoms with Crippen LogP contribution >= 0.6 is 15.9 Å². The zero-order valence-corrected chi connectivity index (χ0v) is 26.0. The first-order valence-corrected chi connectivity index (χ1v) is 15.1. The summed E-state index contributed by atoms with van der Waals surface area (Å²) in [5.74, 6) is 0.932. The molecule has 0 aliphatic rings. The average Bonchev–Trinajstić information content (AvgIpc) is 3.09. The maximum atomic E-state index is 12.4. The van der Waals surface area contributed by atoms with Crippen LogP contribution in [0.4, 0.5) is 0 Å². The maximum absolute atomic E-state index is 12.4. The molecule has 6 aromatic rings. The highest BCUT2D eigenvalue weighted by atomic mass is 79.9. The molecule has 0 amide bonds. The van der Waals surface area contributed by atoms with Crippen LogP contribution in [0.3, 0.4) is 0 Å². The van der Waals surface area contributed by atoms with Gasteiger partial charge in [-0.3, -0.25) is 9.59 Å². The van der Waals surface area contributed by atoms with E-state index in [0.29, 0.717) is 42.3 Å². The van der Waals surface area contributed by atoms with E-state index >= 15 is 0 Å². The number of ether oxygens (including phenoxy) is 2. The van der Waals surface area contributed by atoms with Crippen LogP contribution in [0.25, 0.3) is 0 Å². The fourth-order valence-corrected chi connectivity index (χ4v) is 4.69. The van der Waals surface area contributed by atoms with Crippen molar-refractivity contribution in [2.45, 2.75) is 26.3 Å². The minimum atomic E-state index is -0.209. The highest BCUT2D eigenvalue weighted by Gasteiger charge is 2.11. The van der Waals surface area contributed by atoms with Gasteiger partial charge >= 0.3 is 0 Å². The number of benzene rings is 4. The molecule has 8 nitrogen and oxygen atoms in total. The molecule has 0 aliphatic heterocycles. The molecule has 2 heterocycles. The lowest BCUT2D eigenvalue weighted by Crippen LogP contribution is -2.24. The van der Waals surface area contributed by atoms with Gasteiger partial charge in [-0.25, -0.2) is 9.36 Å². The molecule has 0 aliphatic carbocycles. The third-order valence-electron chi connectivity index (χ3n) is 6.63. The lowest BCUT2D eigenvalue weighted by atomic mass is 10.2. The van der Waals surface area contributed by atoms with Gasteiger partial charge in [0.05, 0.1) is 25.5 Å². The molecule has 0 saturated heterocycles. The van der Waals surface area contributed by atoms with Crippen molar-refractivity contribution in [1.82, 2.24) is 19.6 Å². The molecule has 0 N–H and O–H groups in total. The monoisotopic (exact) mass is 662 g/mol. The highest BCUT2D eigenvalue weighted by Crippen LogP contribution is 2.20. The Morgan fingerprint density at radius 1 is 0.556 bits per heavy atom. The quantitative estimate of drug-likeness (QED) is 0.166. The molecule has 45 heavy (non-hydrogen) atoms. The summed E-state index contributed by atoms with van der Waals surface area (Å²) in [6, 6.07) is 40.6. The summed E-state index contributed by atoms with van der Waals surface area (Å²) in [4.78, 5) is 24.5. The third-order valence-corrected chi connectivity index (χ3v) is 7.36. The molecular weight excluding hydrogens is 632 g/mol. The van der Waals surface area contributed by atoms with Crippen LogP contribution in [0.1, 0.15) is 22.3 Å². The number of halogens is 1. The smallest absolute Gasteiger partial charge is 0.285 e. The fraction of sp³-hybridized carbons (Fsp3) is 0.111. The van der Waals surface area contributed by atoms with Gasteiger partial charge < -0.3 is 9.47 Å². The largest absolute Gasteiger partial charge is 0.487 e. The van der Waals surface area contributed by atoms with Crippen LogP contribution in [-0.4, -0.2) is 19.6 Å². The molecule has 226 valence electrons. The van der Waals surface area contributed by atoms with Gasteiger partial charge in [0, 0.05) is 6.07 Å². The van der Waals surface area contributed by atoms with E-state index in [9.17, 15) is 9.59 Å². The van der Waals surface area contributed by atoms with Gasteiger partial charge in [0.1, 0.15) is 23.4 Å². The molecule has 6 rings (SSSR count). The second-order valence-corrected chi connectivity index (χ2v) is 10.8. The number of rotatable bonds is 10. The number of aromatic nitrogens is 4. The van der Waals surface area contributed by atoms with Crippen molar-refractivity contribution in [2.75, 3.05) is 0 Å². The van der Waals surface area contributed by atoms with Gasteiger partial charge in [0.15, 0.2) is 5.75 Å². The predicted molar refractivity (Wildman–Crippen MR) is 177 cm³/mol. The van der Waals surface area contributed by atoms with Crippen molar-refractivity contribution in [3.8, 4) is 11.5 Å².